The van der Waals surface area contributed by atoms with E-state index in [0.717, 1.165) is 22.4 Å². The molecule has 0 aliphatic rings. The molecule has 0 heterocycles. The predicted molar refractivity (Wildman–Crippen MR) is 94.3 cm³/mol. The van der Waals surface area contributed by atoms with E-state index >= 15 is 0 Å². The maximum Gasteiger partial charge on any atom is 0.326 e. The highest BCUT2D eigenvalue weighted by Crippen LogP contribution is 2.20. The Kier molecular flexibility index (Phi) is 5.84. The van der Waals surface area contributed by atoms with Crippen LogP contribution >= 0.6 is 0 Å². The van der Waals surface area contributed by atoms with Gasteiger partial charge in [0.1, 0.15) is 11.9 Å². The van der Waals surface area contributed by atoms with Crippen LogP contribution in [0.5, 0.6) is 0 Å². The van der Waals surface area contributed by atoms with E-state index in [-0.39, 0.29) is 5.82 Å². The molecule has 0 aromatic heterocycles. The molecule has 2 rings (SSSR count). The first-order valence-electron chi connectivity index (χ1n) is 7.67. The van der Waals surface area contributed by atoms with Crippen molar-refractivity contribution < 1.29 is 9.90 Å². The van der Waals surface area contributed by atoms with Crippen LogP contribution in [0.3, 0.4) is 0 Å². The van der Waals surface area contributed by atoms with E-state index in [1.807, 2.05) is 62.4 Å². The number of hydrogen-bond donors (Lipinski definition) is 2. The van der Waals surface area contributed by atoms with Crippen LogP contribution in [0.25, 0.3) is 0 Å². The van der Waals surface area contributed by atoms with Gasteiger partial charge in [0, 0.05) is 6.42 Å². The molecular formula is C19H21N3O2. The average Bonchev–Trinajstić information content (AvgIpc) is 2.56. The lowest BCUT2D eigenvalue weighted by Crippen LogP contribution is -2.37. The number of nitrogens with one attached hydrogen (secondary N) is 1. The Morgan fingerprint density at radius 3 is 2.58 bits per heavy atom. The summed E-state index contributed by atoms with van der Waals surface area (Å²) in [5.74, 6) is -0.735. The van der Waals surface area contributed by atoms with Gasteiger partial charge in [0.2, 0.25) is 0 Å². The number of carboxylic acids is 1. The predicted octanol–water partition coefficient (Wildman–Crippen LogP) is 4.14. The zero-order chi connectivity index (χ0) is 17.5. The number of rotatable bonds is 7. The van der Waals surface area contributed by atoms with Gasteiger partial charge < -0.3 is 10.4 Å². The topological polar surface area (TPSA) is 74.0 Å². The highest BCUT2D eigenvalue weighted by atomic mass is 16.4. The van der Waals surface area contributed by atoms with Gasteiger partial charge >= 0.3 is 5.97 Å². The van der Waals surface area contributed by atoms with E-state index in [0.29, 0.717) is 6.42 Å². The molecule has 0 fully saturated rings. The number of azo groups is 1. The second-order valence-corrected chi connectivity index (χ2v) is 5.66. The van der Waals surface area contributed by atoms with Crippen LogP contribution in [-0.4, -0.2) is 17.1 Å². The van der Waals surface area contributed by atoms with Gasteiger partial charge in [-0.2, -0.15) is 0 Å². The largest absolute Gasteiger partial charge is 0.480 e. The Hall–Kier alpha value is -2.95. The Labute approximate surface area is 141 Å². The fourth-order valence-corrected chi connectivity index (χ4v) is 2.22. The second-order valence-electron chi connectivity index (χ2n) is 5.66. The van der Waals surface area contributed by atoms with Crippen LogP contribution in [0, 0.1) is 13.8 Å². The van der Waals surface area contributed by atoms with Crippen molar-refractivity contribution in [2.75, 3.05) is 0 Å². The van der Waals surface area contributed by atoms with E-state index in [9.17, 15) is 9.90 Å². The number of hydrogen-bond acceptors (Lipinski definition) is 4. The molecule has 124 valence electrons. The zero-order valence-electron chi connectivity index (χ0n) is 13.9. The van der Waals surface area contributed by atoms with Crippen molar-refractivity contribution in [3.8, 4) is 0 Å². The Morgan fingerprint density at radius 1 is 1.21 bits per heavy atom. The minimum atomic E-state index is -0.957. The van der Waals surface area contributed by atoms with E-state index < -0.39 is 12.0 Å². The molecule has 2 N–H and O–H groups in total. The number of carbonyl (C=O) groups is 1. The summed E-state index contributed by atoms with van der Waals surface area (Å²) < 4.78 is 0. The average molecular weight is 323 g/mol. The SMILES string of the molecule is C=C(/N=N/c1cc(C)ccc1C)NC(Cc1ccccc1)C(=O)O. The van der Waals surface area contributed by atoms with Crippen LogP contribution in [0.4, 0.5) is 5.69 Å². The van der Waals surface area contributed by atoms with Crippen molar-refractivity contribution >= 4 is 11.7 Å². The van der Waals surface area contributed by atoms with Gasteiger partial charge in [-0.15, -0.1) is 10.2 Å². The zero-order valence-corrected chi connectivity index (χ0v) is 13.9. The minimum absolute atomic E-state index is 0.222. The fourth-order valence-electron chi connectivity index (χ4n) is 2.22. The van der Waals surface area contributed by atoms with E-state index in [4.69, 9.17) is 0 Å². The molecule has 0 saturated carbocycles. The quantitative estimate of drug-likeness (QED) is 0.752. The van der Waals surface area contributed by atoms with Crippen LogP contribution < -0.4 is 5.32 Å². The molecule has 2 aromatic carbocycles. The summed E-state index contributed by atoms with van der Waals surface area (Å²) in [6, 6.07) is 14.5. The molecule has 0 spiro atoms. The maximum absolute atomic E-state index is 11.4. The van der Waals surface area contributed by atoms with Crippen LogP contribution in [-0.2, 0) is 11.2 Å². The van der Waals surface area contributed by atoms with Gasteiger partial charge in [-0.3, -0.25) is 0 Å². The summed E-state index contributed by atoms with van der Waals surface area (Å²) in [5, 5.41) is 20.4. The molecule has 0 aliphatic carbocycles. The minimum Gasteiger partial charge on any atom is -0.480 e. The van der Waals surface area contributed by atoms with E-state index in [1.165, 1.54) is 0 Å². The molecule has 24 heavy (non-hydrogen) atoms. The monoisotopic (exact) mass is 323 g/mol. The van der Waals surface area contributed by atoms with Crippen molar-refractivity contribution in [2.45, 2.75) is 26.3 Å². The molecule has 0 aliphatic heterocycles. The Bertz CT molecular complexity index is 754. The highest BCUT2D eigenvalue weighted by Gasteiger charge is 2.18. The van der Waals surface area contributed by atoms with Crippen molar-refractivity contribution in [1.29, 1.82) is 0 Å². The second kappa shape index (κ2) is 8.06. The molecule has 1 atom stereocenters. The number of aliphatic carboxylic acids is 1. The third-order valence-electron chi connectivity index (χ3n) is 3.56. The van der Waals surface area contributed by atoms with Crippen molar-refractivity contribution in [3.63, 3.8) is 0 Å². The van der Waals surface area contributed by atoms with Gasteiger partial charge in [0.05, 0.1) is 5.69 Å². The molecule has 5 nitrogen and oxygen atoms in total. The number of benzene rings is 2. The third kappa shape index (κ3) is 5.05. The normalized spacial score (nSPS) is 12.1. The van der Waals surface area contributed by atoms with Crippen molar-refractivity contribution in [1.82, 2.24) is 5.32 Å². The molecule has 0 radical (unpaired) electrons. The summed E-state index contributed by atoms with van der Waals surface area (Å²) in [7, 11) is 0. The molecule has 0 saturated heterocycles. The van der Waals surface area contributed by atoms with Crippen molar-refractivity contribution in [3.05, 3.63) is 77.6 Å². The molecule has 1 unspecified atom stereocenters. The highest BCUT2D eigenvalue weighted by molar-refractivity contribution is 5.74. The fraction of sp³-hybridized carbons (Fsp3) is 0.211. The van der Waals surface area contributed by atoms with Gasteiger partial charge in [0.25, 0.3) is 0 Å². The van der Waals surface area contributed by atoms with Crippen LogP contribution in [0.2, 0.25) is 0 Å². The lowest BCUT2D eigenvalue weighted by atomic mass is 10.1. The molecule has 0 amide bonds. The smallest absolute Gasteiger partial charge is 0.326 e. The summed E-state index contributed by atoms with van der Waals surface area (Å²) in [6.45, 7) is 7.67. The first kappa shape index (κ1) is 17.4. The van der Waals surface area contributed by atoms with Crippen molar-refractivity contribution in [2.24, 2.45) is 10.2 Å². The van der Waals surface area contributed by atoms with Crippen LogP contribution in [0.1, 0.15) is 16.7 Å². The maximum atomic E-state index is 11.4. The first-order valence-corrected chi connectivity index (χ1v) is 7.67. The summed E-state index contributed by atoms with van der Waals surface area (Å²) >= 11 is 0. The van der Waals surface area contributed by atoms with E-state index in [1.54, 1.807) is 0 Å². The number of aryl methyl sites for hydroxylation is 2. The van der Waals surface area contributed by atoms with Gasteiger partial charge in [-0.25, -0.2) is 4.79 Å². The van der Waals surface area contributed by atoms with Crippen LogP contribution in [0.15, 0.2) is 71.2 Å². The van der Waals surface area contributed by atoms with Gasteiger partial charge in [0.15, 0.2) is 0 Å². The summed E-state index contributed by atoms with van der Waals surface area (Å²) in [4.78, 5) is 11.4. The van der Waals surface area contributed by atoms with Gasteiger partial charge in [-0.1, -0.05) is 49.0 Å². The number of carboxylic acid groups (broad SMARTS) is 1. The Morgan fingerprint density at radius 2 is 1.92 bits per heavy atom. The Balaban J connectivity index is 2.04. The first-order chi connectivity index (χ1) is 11.5. The molecule has 5 heteroatoms. The lowest BCUT2D eigenvalue weighted by molar-refractivity contribution is -0.139. The number of nitrogens with zero attached hydrogens (tertiary/aromatic N) is 2. The molecule has 2 aromatic rings. The van der Waals surface area contributed by atoms with E-state index in [2.05, 4.69) is 22.1 Å². The third-order valence-corrected chi connectivity index (χ3v) is 3.56. The van der Waals surface area contributed by atoms with Gasteiger partial charge in [-0.05, 0) is 36.6 Å². The lowest BCUT2D eigenvalue weighted by Gasteiger charge is -2.14. The molecule has 0 bridgehead atoms. The molecular weight excluding hydrogens is 302 g/mol. The standard InChI is InChI=1S/C19H21N3O2/c1-13-9-10-14(2)17(11-13)22-21-15(3)20-18(19(23)24)12-16-7-5-4-6-8-16/h4-11,18,20H,3,12H2,1-2H3,(H,23,24)/b22-21+. The summed E-state index contributed by atoms with van der Waals surface area (Å²) in [5.41, 5.74) is 3.75. The summed E-state index contributed by atoms with van der Waals surface area (Å²) in [6.07, 6.45) is 0.341.